The molecule has 0 N–H and O–H groups in total. The first-order valence-corrected chi connectivity index (χ1v) is 22.0. The molecule has 2 heterocycles. The van der Waals surface area contributed by atoms with Gasteiger partial charge in [0.25, 0.3) is 0 Å². The van der Waals surface area contributed by atoms with Crippen LogP contribution in [0.2, 0.25) is 0 Å². The third-order valence-corrected chi connectivity index (χ3v) is 13.8. The maximum Gasteiger partial charge on any atom is 0.160 e. The summed E-state index contributed by atoms with van der Waals surface area (Å²) in [4.78, 5) is 10.5. The highest BCUT2D eigenvalue weighted by molar-refractivity contribution is 7.25. The van der Waals surface area contributed by atoms with Crippen molar-refractivity contribution < 1.29 is 0 Å². The molecule has 12 rings (SSSR count). The summed E-state index contributed by atoms with van der Waals surface area (Å²) < 4.78 is 2.63. The molecule has 2 aromatic heterocycles. The second kappa shape index (κ2) is 14.8. The lowest BCUT2D eigenvalue weighted by Gasteiger charge is -2.34. The van der Waals surface area contributed by atoms with E-state index in [1.165, 1.54) is 70.2 Å². The summed E-state index contributed by atoms with van der Waals surface area (Å²) in [6, 6.07) is 83.4. The van der Waals surface area contributed by atoms with E-state index in [9.17, 15) is 0 Å². The average Bonchev–Trinajstić information content (AvgIpc) is 3.88. The molecule has 1 aliphatic carbocycles. The summed E-state index contributed by atoms with van der Waals surface area (Å²) in [5.74, 6) is 0.699. The highest BCUT2D eigenvalue weighted by Crippen LogP contribution is 2.56. The van der Waals surface area contributed by atoms with Gasteiger partial charge in [0, 0.05) is 36.9 Å². The molecule has 0 saturated heterocycles. The molecule has 0 amide bonds. The van der Waals surface area contributed by atoms with Crippen molar-refractivity contribution in [2.75, 3.05) is 0 Å². The number of hydrogen-bond acceptors (Lipinski definition) is 3. The first-order valence-electron chi connectivity index (χ1n) is 21.1. The van der Waals surface area contributed by atoms with Crippen LogP contribution in [0.4, 0.5) is 0 Å². The van der Waals surface area contributed by atoms with Gasteiger partial charge in [0.15, 0.2) is 5.82 Å². The van der Waals surface area contributed by atoms with Crippen molar-refractivity contribution in [3.63, 3.8) is 0 Å². The lowest BCUT2D eigenvalue weighted by atomic mass is 9.67. The number of nitrogens with zero attached hydrogens (tertiary/aromatic N) is 2. The van der Waals surface area contributed by atoms with E-state index in [1.807, 2.05) is 17.4 Å². The molecule has 0 unspecified atom stereocenters. The zero-order chi connectivity index (χ0) is 41.0. The molecule has 0 radical (unpaired) electrons. The van der Waals surface area contributed by atoms with E-state index in [0.29, 0.717) is 5.82 Å². The molecule has 0 bridgehead atoms. The Morgan fingerprint density at radius 3 is 1.55 bits per heavy atom. The SMILES string of the molecule is c1ccc(-c2nc(-c3ccc(-c4ccccc4-c4ccc5sc6ccccc6c5c4)cc3)cc(-c3ccc4c(c3)C(c3ccccc3)(c3ccccc3)c3ccccc3-4)n2)cc1. The molecule has 290 valence electrons. The van der Waals surface area contributed by atoms with Crippen LogP contribution < -0.4 is 0 Å². The summed E-state index contributed by atoms with van der Waals surface area (Å²) in [5.41, 5.74) is 16.7. The minimum atomic E-state index is -0.502. The van der Waals surface area contributed by atoms with E-state index in [0.717, 1.165) is 33.6 Å². The van der Waals surface area contributed by atoms with Crippen LogP contribution in [0.15, 0.2) is 231 Å². The number of thiophene rings is 1. The third kappa shape index (κ3) is 5.85. The van der Waals surface area contributed by atoms with Crippen LogP contribution in [0.3, 0.4) is 0 Å². The van der Waals surface area contributed by atoms with Crippen LogP contribution in [0.1, 0.15) is 22.3 Å². The number of fused-ring (bicyclic) bond motifs is 6. The monoisotopic (exact) mass is 806 g/mol. The van der Waals surface area contributed by atoms with E-state index < -0.39 is 5.41 Å². The Labute approximate surface area is 365 Å². The van der Waals surface area contributed by atoms with Crippen molar-refractivity contribution in [3.8, 4) is 67.3 Å². The first kappa shape index (κ1) is 36.2. The Bertz CT molecular complexity index is 3400. The van der Waals surface area contributed by atoms with Crippen molar-refractivity contribution in [1.29, 1.82) is 0 Å². The Morgan fingerprint density at radius 1 is 0.306 bits per heavy atom. The van der Waals surface area contributed by atoms with Crippen LogP contribution >= 0.6 is 11.3 Å². The number of benzene rings is 9. The van der Waals surface area contributed by atoms with Gasteiger partial charge in [-0.3, -0.25) is 0 Å². The quantitative estimate of drug-likeness (QED) is 0.160. The van der Waals surface area contributed by atoms with Crippen molar-refractivity contribution in [2.24, 2.45) is 0 Å². The predicted molar refractivity (Wildman–Crippen MR) is 259 cm³/mol. The number of rotatable bonds is 7. The smallest absolute Gasteiger partial charge is 0.160 e. The second-order valence-corrected chi connectivity index (χ2v) is 17.1. The number of hydrogen-bond donors (Lipinski definition) is 0. The lowest BCUT2D eigenvalue weighted by Crippen LogP contribution is -2.28. The van der Waals surface area contributed by atoms with Gasteiger partial charge in [0.05, 0.1) is 16.8 Å². The molecule has 0 spiro atoms. The van der Waals surface area contributed by atoms with Gasteiger partial charge in [-0.2, -0.15) is 0 Å². The second-order valence-electron chi connectivity index (χ2n) is 16.0. The Morgan fingerprint density at radius 2 is 0.823 bits per heavy atom. The zero-order valence-electron chi connectivity index (χ0n) is 33.7. The summed E-state index contributed by atoms with van der Waals surface area (Å²) >= 11 is 1.85. The van der Waals surface area contributed by atoms with Gasteiger partial charge in [-0.15, -0.1) is 11.3 Å². The normalized spacial score (nSPS) is 12.6. The molecule has 9 aromatic carbocycles. The average molecular weight is 807 g/mol. The largest absolute Gasteiger partial charge is 0.228 e. The van der Waals surface area contributed by atoms with Crippen LogP contribution in [0, 0.1) is 0 Å². The van der Waals surface area contributed by atoms with Gasteiger partial charge in [-0.25, -0.2) is 9.97 Å². The molecule has 0 aliphatic heterocycles. The minimum absolute atomic E-state index is 0.502. The van der Waals surface area contributed by atoms with Crippen LogP contribution in [0.25, 0.3) is 87.5 Å². The fraction of sp³-hybridized carbons (Fsp3) is 0.0169. The third-order valence-electron chi connectivity index (χ3n) is 12.6. The maximum atomic E-state index is 5.30. The van der Waals surface area contributed by atoms with E-state index in [4.69, 9.17) is 9.97 Å². The molecular weight excluding hydrogens is 769 g/mol. The molecule has 2 nitrogen and oxygen atoms in total. The Balaban J connectivity index is 0.983. The maximum absolute atomic E-state index is 5.30. The Hall–Kier alpha value is -7.72. The van der Waals surface area contributed by atoms with Gasteiger partial charge in [0.2, 0.25) is 0 Å². The number of aromatic nitrogens is 2. The van der Waals surface area contributed by atoms with Gasteiger partial charge in [-0.05, 0) is 86.0 Å². The molecule has 0 fully saturated rings. The highest BCUT2D eigenvalue weighted by Gasteiger charge is 2.46. The van der Waals surface area contributed by atoms with Gasteiger partial charge in [0.1, 0.15) is 0 Å². The summed E-state index contributed by atoms with van der Waals surface area (Å²) in [6.45, 7) is 0. The van der Waals surface area contributed by atoms with E-state index >= 15 is 0 Å². The molecule has 62 heavy (non-hydrogen) atoms. The summed E-state index contributed by atoms with van der Waals surface area (Å²) in [6.07, 6.45) is 0. The fourth-order valence-corrected chi connectivity index (χ4v) is 10.9. The van der Waals surface area contributed by atoms with Crippen LogP contribution in [-0.4, -0.2) is 9.97 Å². The highest BCUT2D eigenvalue weighted by atomic mass is 32.1. The van der Waals surface area contributed by atoms with Gasteiger partial charge < -0.3 is 0 Å². The van der Waals surface area contributed by atoms with Gasteiger partial charge >= 0.3 is 0 Å². The molecule has 3 heteroatoms. The molecule has 0 atom stereocenters. The first-order chi connectivity index (χ1) is 30.7. The predicted octanol–water partition coefficient (Wildman–Crippen LogP) is 15.5. The van der Waals surface area contributed by atoms with E-state index in [1.54, 1.807) is 0 Å². The Kier molecular flexibility index (Phi) is 8.62. The van der Waals surface area contributed by atoms with Gasteiger partial charge in [-0.1, -0.05) is 200 Å². The minimum Gasteiger partial charge on any atom is -0.228 e. The van der Waals surface area contributed by atoms with E-state index in [-0.39, 0.29) is 0 Å². The van der Waals surface area contributed by atoms with Crippen molar-refractivity contribution in [1.82, 2.24) is 9.97 Å². The van der Waals surface area contributed by atoms with Crippen molar-refractivity contribution in [2.45, 2.75) is 5.41 Å². The fourth-order valence-electron chi connectivity index (χ4n) is 9.76. The molecule has 11 aromatic rings. The van der Waals surface area contributed by atoms with Crippen LogP contribution in [-0.2, 0) is 5.41 Å². The van der Waals surface area contributed by atoms with Crippen molar-refractivity contribution >= 4 is 31.5 Å². The van der Waals surface area contributed by atoms with Crippen LogP contribution in [0.5, 0.6) is 0 Å². The molecule has 1 aliphatic rings. The van der Waals surface area contributed by atoms with E-state index in [2.05, 4.69) is 224 Å². The summed E-state index contributed by atoms with van der Waals surface area (Å²) in [5, 5.41) is 2.62. The van der Waals surface area contributed by atoms with Crippen molar-refractivity contribution in [3.05, 3.63) is 253 Å². The lowest BCUT2D eigenvalue weighted by molar-refractivity contribution is 0.768. The zero-order valence-corrected chi connectivity index (χ0v) is 34.6. The standard InChI is InChI=1S/C59H38N2S/c1-4-16-41(17-5-1)58-60-54(40-30-28-39(29-31-40)46-22-10-11-23-47(46)42-33-35-57-51(36-42)50-25-13-15-27-56(50)62-57)38-55(61-58)43-32-34-49-48-24-12-14-26-52(48)59(53(49)37-43,44-18-6-2-7-19-44)45-20-8-3-9-21-45/h1-38H. The topological polar surface area (TPSA) is 25.8 Å². The molecule has 0 saturated carbocycles. The molecular formula is C59H38N2S. The summed E-state index contributed by atoms with van der Waals surface area (Å²) in [7, 11) is 0.